The molecule has 0 amide bonds. The largest absolute Gasteiger partial charge is 0.432 e. The minimum absolute atomic E-state index is 0.230. The van der Waals surface area contributed by atoms with Crippen LogP contribution in [0.15, 0.2) is 12.1 Å². The van der Waals surface area contributed by atoms with Crippen molar-refractivity contribution in [2.75, 3.05) is 0 Å². The van der Waals surface area contributed by atoms with Crippen LogP contribution in [0.2, 0.25) is 0 Å². The van der Waals surface area contributed by atoms with E-state index in [4.69, 9.17) is 0 Å². The molecule has 0 N–H and O–H groups in total. The molecule has 34 heavy (non-hydrogen) atoms. The van der Waals surface area contributed by atoms with E-state index >= 15 is 0 Å². The molecule has 3 aliphatic rings. The predicted molar refractivity (Wildman–Crippen MR) is 123 cm³/mol. The van der Waals surface area contributed by atoms with Crippen LogP contribution in [0, 0.1) is 53.0 Å². The fourth-order valence-electron chi connectivity index (χ4n) is 6.98. The zero-order valence-corrected chi connectivity index (χ0v) is 20.3. The van der Waals surface area contributed by atoms with Crippen molar-refractivity contribution >= 4 is 0 Å². The first-order chi connectivity index (χ1) is 16.2. The highest BCUT2D eigenvalue weighted by atomic mass is 19.3. The molecule has 0 radical (unpaired) electrons. The molecule has 1 aromatic rings. The molecule has 0 saturated heterocycles. The van der Waals surface area contributed by atoms with Gasteiger partial charge in [-0.3, -0.25) is 0 Å². The van der Waals surface area contributed by atoms with Crippen LogP contribution in [0.3, 0.4) is 0 Å². The predicted octanol–water partition coefficient (Wildman–Crippen LogP) is 9.29. The van der Waals surface area contributed by atoms with Gasteiger partial charge >= 0.3 is 6.11 Å². The first-order valence-electron chi connectivity index (χ1n) is 13.4. The summed E-state index contributed by atoms with van der Waals surface area (Å²) in [5, 5.41) is 0. The molecule has 1 aromatic carbocycles. The normalized spacial score (nSPS) is 33.0. The lowest BCUT2D eigenvalue weighted by atomic mass is 9.65. The lowest BCUT2D eigenvalue weighted by Crippen LogP contribution is -2.30. The Labute approximate surface area is 200 Å². The Morgan fingerprint density at radius 2 is 1.12 bits per heavy atom. The highest BCUT2D eigenvalue weighted by Gasteiger charge is 2.36. The Kier molecular flexibility index (Phi) is 8.45. The molecule has 0 unspecified atom stereocenters. The summed E-state index contributed by atoms with van der Waals surface area (Å²) in [6.07, 6.45) is 11.5. The summed E-state index contributed by atoms with van der Waals surface area (Å²) in [6, 6.07) is 0.919. The summed E-state index contributed by atoms with van der Waals surface area (Å²) in [4.78, 5) is 0. The van der Waals surface area contributed by atoms with E-state index in [-0.39, 0.29) is 5.92 Å². The van der Waals surface area contributed by atoms with Crippen LogP contribution in [-0.4, -0.2) is 6.11 Å². The molecule has 0 atom stereocenters. The summed E-state index contributed by atoms with van der Waals surface area (Å²) in [7, 11) is 0. The number of ether oxygens (including phenoxy) is 1. The molecule has 192 valence electrons. The third-order valence-electron chi connectivity index (χ3n) is 9.17. The van der Waals surface area contributed by atoms with E-state index in [2.05, 4.69) is 11.7 Å². The van der Waals surface area contributed by atoms with Crippen molar-refractivity contribution in [1.29, 1.82) is 0 Å². The van der Waals surface area contributed by atoms with Crippen LogP contribution in [0.1, 0.15) is 96.8 Å². The monoisotopic (exact) mass is 486 g/mol. The summed E-state index contributed by atoms with van der Waals surface area (Å²) >= 11 is 0. The molecule has 0 aromatic heterocycles. The van der Waals surface area contributed by atoms with Crippen molar-refractivity contribution in [2.24, 2.45) is 35.5 Å². The van der Waals surface area contributed by atoms with Gasteiger partial charge in [-0.05, 0) is 93.3 Å². The van der Waals surface area contributed by atoms with Crippen molar-refractivity contribution in [3.05, 3.63) is 29.6 Å². The van der Waals surface area contributed by atoms with Crippen molar-refractivity contribution < 1.29 is 26.7 Å². The lowest BCUT2D eigenvalue weighted by Gasteiger charge is -2.41. The first-order valence-corrected chi connectivity index (χ1v) is 13.4. The number of rotatable bonds is 7. The number of alkyl halides is 2. The summed E-state index contributed by atoms with van der Waals surface area (Å²) in [5.74, 6) is -0.926. The Hall–Kier alpha value is -1.33. The second-order valence-corrected chi connectivity index (χ2v) is 11.5. The number of hydrogen-bond donors (Lipinski definition) is 0. The van der Waals surface area contributed by atoms with Gasteiger partial charge < -0.3 is 4.74 Å². The van der Waals surface area contributed by atoms with Crippen LogP contribution in [0.25, 0.3) is 0 Å². The minimum atomic E-state index is -3.54. The maximum Gasteiger partial charge on any atom is 0.397 e. The summed E-state index contributed by atoms with van der Waals surface area (Å²) in [6.45, 7) is 2.38. The van der Waals surface area contributed by atoms with Gasteiger partial charge in [-0.1, -0.05) is 32.6 Å². The maximum atomic E-state index is 14.2. The molecule has 0 bridgehead atoms. The number of benzene rings is 1. The van der Waals surface area contributed by atoms with E-state index in [1.165, 1.54) is 51.4 Å². The average molecular weight is 487 g/mol. The fraction of sp³-hybridized carbons (Fsp3) is 0.786. The molecular formula is C28H39F5O. The Morgan fingerprint density at radius 3 is 1.59 bits per heavy atom. The van der Waals surface area contributed by atoms with E-state index in [0.717, 1.165) is 55.3 Å². The Morgan fingerprint density at radius 1 is 0.706 bits per heavy atom. The maximum absolute atomic E-state index is 14.2. The standard InChI is InChI=1S/C28H39F5O/c1-18-2-6-20(7-3-18)22-10-12-23(13-11-22)21-8-4-19(5-9-21)14-15-28(32,33)34-24-16-25(29)27(31)26(30)17-24/h16-23H,2-15H2,1H3. The quantitative estimate of drug-likeness (QED) is 0.276. The molecule has 0 spiro atoms. The SMILES string of the molecule is CC1CCC(C2CCC(C3CCC(CCC(F)(F)Oc4cc(F)c(F)c(F)c4)CC3)CC2)CC1. The summed E-state index contributed by atoms with van der Waals surface area (Å²) < 4.78 is 72.6. The Balaban J connectivity index is 1.17. The highest BCUT2D eigenvalue weighted by Crippen LogP contribution is 2.46. The lowest BCUT2D eigenvalue weighted by molar-refractivity contribution is -0.183. The molecule has 3 saturated carbocycles. The molecule has 0 heterocycles. The topological polar surface area (TPSA) is 9.23 Å². The minimum Gasteiger partial charge on any atom is -0.432 e. The van der Waals surface area contributed by atoms with Gasteiger partial charge in [0.15, 0.2) is 17.5 Å². The highest BCUT2D eigenvalue weighted by molar-refractivity contribution is 5.25. The van der Waals surface area contributed by atoms with Crippen LogP contribution in [-0.2, 0) is 0 Å². The van der Waals surface area contributed by atoms with Gasteiger partial charge in [0.1, 0.15) is 5.75 Å². The van der Waals surface area contributed by atoms with Crippen molar-refractivity contribution in [1.82, 2.24) is 0 Å². The van der Waals surface area contributed by atoms with Gasteiger partial charge in [0.25, 0.3) is 0 Å². The second-order valence-electron chi connectivity index (χ2n) is 11.5. The second kappa shape index (κ2) is 11.2. The molecule has 3 fully saturated rings. The molecule has 1 nitrogen and oxygen atoms in total. The van der Waals surface area contributed by atoms with Gasteiger partial charge in [0.05, 0.1) is 6.42 Å². The fourth-order valence-corrected chi connectivity index (χ4v) is 6.98. The van der Waals surface area contributed by atoms with Gasteiger partial charge in [0, 0.05) is 12.1 Å². The third kappa shape index (κ3) is 6.66. The van der Waals surface area contributed by atoms with Gasteiger partial charge in [0.2, 0.25) is 0 Å². The first kappa shape index (κ1) is 25.8. The van der Waals surface area contributed by atoms with E-state index in [1.807, 2.05) is 0 Å². The molecule has 6 heteroatoms. The molecule has 4 rings (SSSR count). The molecule has 3 aliphatic carbocycles. The van der Waals surface area contributed by atoms with Crippen molar-refractivity contribution in [3.8, 4) is 5.75 Å². The zero-order chi connectivity index (χ0) is 24.3. The van der Waals surface area contributed by atoms with E-state index in [9.17, 15) is 22.0 Å². The van der Waals surface area contributed by atoms with Gasteiger partial charge in [-0.2, -0.15) is 8.78 Å². The smallest absolute Gasteiger partial charge is 0.397 e. The number of hydrogen-bond acceptors (Lipinski definition) is 1. The summed E-state index contributed by atoms with van der Waals surface area (Å²) in [5.41, 5.74) is 0. The van der Waals surface area contributed by atoms with Crippen LogP contribution in [0.5, 0.6) is 5.75 Å². The zero-order valence-electron chi connectivity index (χ0n) is 20.3. The van der Waals surface area contributed by atoms with E-state index < -0.39 is 35.7 Å². The van der Waals surface area contributed by atoms with Crippen molar-refractivity contribution in [3.63, 3.8) is 0 Å². The third-order valence-corrected chi connectivity index (χ3v) is 9.17. The van der Waals surface area contributed by atoms with Crippen LogP contribution in [0.4, 0.5) is 22.0 Å². The van der Waals surface area contributed by atoms with Crippen LogP contribution >= 0.6 is 0 Å². The molecular weight excluding hydrogens is 447 g/mol. The van der Waals surface area contributed by atoms with Crippen molar-refractivity contribution in [2.45, 2.75) is 103 Å². The average Bonchev–Trinajstić information content (AvgIpc) is 2.82. The van der Waals surface area contributed by atoms with Crippen LogP contribution < -0.4 is 4.74 Å². The van der Waals surface area contributed by atoms with E-state index in [1.54, 1.807) is 0 Å². The van der Waals surface area contributed by atoms with Gasteiger partial charge in [-0.15, -0.1) is 0 Å². The molecule has 0 aliphatic heterocycles. The van der Waals surface area contributed by atoms with Gasteiger partial charge in [-0.25, -0.2) is 13.2 Å². The Bertz CT molecular complexity index is 765. The number of halogens is 5. The van der Waals surface area contributed by atoms with E-state index in [0.29, 0.717) is 18.6 Å².